The van der Waals surface area contributed by atoms with Crippen LogP contribution in [0.5, 0.6) is 0 Å². The fraction of sp³-hybridized carbons (Fsp3) is 0.0909. The lowest BCUT2D eigenvalue weighted by atomic mass is 10.1. The number of esters is 1. The van der Waals surface area contributed by atoms with Gasteiger partial charge in [-0.3, -0.25) is 5.32 Å². The molecule has 0 aliphatic rings. The molecule has 0 amide bonds. The number of halogens is 1. The number of hydrogen-bond donors (Lipinski definition) is 2. The SMILES string of the molecule is COC(=O)c1cc(-c2ccccc2)sc1NC(=S)Nc1ncn(Cc2cccc(Cl)c2)n1. The van der Waals surface area contributed by atoms with Gasteiger partial charge in [-0.05, 0) is 41.5 Å². The topological polar surface area (TPSA) is 81.1 Å². The van der Waals surface area contributed by atoms with Gasteiger partial charge >= 0.3 is 5.97 Å². The minimum Gasteiger partial charge on any atom is -0.465 e. The highest BCUT2D eigenvalue weighted by atomic mass is 35.5. The Labute approximate surface area is 199 Å². The van der Waals surface area contributed by atoms with Crippen LogP contribution in [0.2, 0.25) is 5.02 Å². The van der Waals surface area contributed by atoms with E-state index in [-0.39, 0.29) is 5.11 Å². The van der Waals surface area contributed by atoms with Gasteiger partial charge in [0, 0.05) is 9.90 Å². The van der Waals surface area contributed by atoms with Crippen LogP contribution in [0, 0.1) is 0 Å². The molecule has 2 heterocycles. The molecule has 32 heavy (non-hydrogen) atoms. The van der Waals surface area contributed by atoms with E-state index in [2.05, 4.69) is 20.7 Å². The minimum atomic E-state index is -0.447. The monoisotopic (exact) mass is 483 g/mol. The maximum absolute atomic E-state index is 12.3. The summed E-state index contributed by atoms with van der Waals surface area (Å²) in [6.07, 6.45) is 1.60. The van der Waals surface area contributed by atoms with E-state index in [0.29, 0.717) is 28.1 Å². The second-order valence-corrected chi connectivity index (χ2v) is 8.58. The average molecular weight is 484 g/mol. The number of hydrogen-bond acceptors (Lipinski definition) is 6. The zero-order valence-electron chi connectivity index (χ0n) is 16.9. The number of carbonyl (C=O) groups excluding carboxylic acids is 1. The summed E-state index contributed by atoms with van der Waals surface area (Å²) in [5.41, 5.74) is 2.40. The molecule has 162 valence electrons. The number of nitrogens with zero attached hydrogens (tertiary/aromatic N) is 3. The Kier molecular flexibility index (Phi) is 6.79. The lowest BCUT2D eigenvalue weighted by molar-refractivity contribution is 0.0602. The molecule has 2 aromatic heterocycles. The van der Waals surface area contributed by atoms with E-state index in [4.69, 9.17) is 28.6 Å². The first kappa shape index (κ1) is 21.9. The Morgan fingerprint density at radius 3 is 2.72 bits per heavy atom. The van der Waals surface area contributed by atoms with Crippen molar-refractivity contribution in [3.63, 3.8) is 0 Å². The van der Waals surface area contributed by atoms with Crippen LogP contribution < -0.4 is 10.6 Å². The molecule has 0 saturated carbocycles. The highest BCUT2D eigenvalue weighted by molar-refractivity contribution is 7.80. The first-order valence-corrected chi connectivity index (χ1v) is 11.1. The van der Waals surface area contributed by atoms with Crippen molar-refractivity contribution in [1.82, 2.24) is 14.8 Å². The average Bonchev–Trinajstić information content (AvgIpc) is 3.40. The van der Waals surface area contributed by atoms with Crippen LogP contribution in [-0.4, -0.2) is 33.0 Å². The van der Waals surface area contributed by atoms with Crippen LogP contribution in [0.15, 0.2) is 67.0 Å². The van der Waals surface area contributed by atoms with Gasteiger partial charge in [0.05, 0.1) is 19.2 Å². The van der Waals surface area contributed by atoms with Gasteiger partial charge in [0.2, 0.25) is 5.95 Å². The summed E-state index contributed by atoms with van der Waals surface area (Å²) >= 11 is 12.8. The first-order valence-electron chi connectivity index (χ1n) is 9.51. The van der Waals surface area contributed by atoms with Gasteiger partial charge in [-0.2, -0.15) is 0 Å². The van der Waals surface area contributed by atoms with Crippen molar-refractivity contribution in [3.8, 4) is 10.4 Å². The summed E-state index contributed by atoms with van der Waals surface area (Å²) in [5, 5.41) is 11.9. The predicted molar refractivity (Wildman–Crippen MR) is 132 cm³/mol. The molecule has 0 aliphatic heterocycles. The van der Waals surface area contributed by atoms with Gasteiger partial charge in [0.25, 0.3) is 0 Å². The Morgan fingerprint density at radius 1 is 1.16 bits per heavy atom. The number of ether oxygens (including phenoxy) is 1. The lowest BCUT2D eigenvalue weighted by Gasteiger charge is -2.07. The second kappa shape index (κ2) is 9.90. The van der Waals surface area contributed by atoms with Crippen LogP contribution in [0.4, 0.5) is 10.9 Å². The van der Waals surface area contributed by atoms with Crippen LogP contribution in [-0.2, 0) is 11.3 Å². The van der Waals surface area contributed by atoms with Gasteiger partial charge in [-0.1, -0.05) is 54.1 Å². The number of methoxy groups -OCH3 is 1. The third-order valence-electron chi connectivity index (χ3n) is 4.42. The van der Waals surface area contributed by atoms with E-state index < -0.39 is 5.97 Å². The molecule has 2 N–H and O–H groups in total. The molecule has 0 spiro atoms. The van der Waals surface area contributed by atoms with E-state index in [1.165, 1.54) is 18.4 Å². The van der Waals surface area contributed by atoms with Crippen molar-refractivity contribution >= 4 is 57.2 Å². The molecule has 0 aliphatic carbocycles. The van der Waals surface area contributed by atoms with Gasteiger partial charge in [0.1, 0.15) is 11.3 Å². The Hall–Kier alpha value is -3.27. The number of aromatic nitrogens is 3. The van der Waals surface area contributed by atoms with Crippen molar-refractivity contribution in [1.29, 1.82) is 0 Å². The molecule has 0 atom stereocenters. The van der Waals surface area contributed by atoms with E-state index in [0.717, 1.165) is 16.0 Å². The van der Waals surface area contributed by atoms with Gasteiger partial charge in [0.15, 0.2) is 5.11 Å². The van der Waals surface area contributed by atoms with E-state index in [9.17, 15) is 4.79 Å². The zero-order chi connectivity index (χ0) is 22.5. The van der Waals surface area contributed by atoms with Gasteiger partial charge < -0.3 is 10.1 Å². The number of anilines is 2. The van der Waals surface area contributed by atoms with E-state index in [1.807, 2.05) is 54.6 Å². The summed E-state index contributed by atoms with van der Waals surface area (Å²) < 4.78 is 6.60. The molecule has 0 fully saturated rings. The van der Waals surface area contributed by atoms with Crippen molar-refractivity contribution in [2.75, 3.05) is 17.7 Å². The van der Waals surface area contributed by atoms with Crippen LogP contribution >= 0.6 is 35.2 Å². The smallest absolute Gasteiger partial charge is 0.340 e. The number of carbonyl (C=O) groups is 1. The molecule has 7 nitrogen and oxygen atoms in total. The molecule has 2 aromatic carbocycles. The van der Waals surface area contributed by atoms with Gasteiger partial charge in [-0.25, -0.2) is 14.5 Å². The summed E-state index contributed by atoms with van der Waals surface area (Å²) in [5.74, 6) is -0.110. The molecule has 10 heteroatoms. The fourth-order valence-corrected chi connectivity index (χ4v) is 4.50. The maximum Gasteiger partial charge on any atom is 0.340 e. The van der Waals surface area contributed by atoms with Gasteiger partial charge in [-0.15, -0.1) is 16.4 Å². The Morgan fingerprint density at radius 2 is 1.97 bits per heavy atom. The molecule has 0 radical (unpaired) electrons. The lowest BCUT2D eigenvalue weighted by Crippen LogP contribution is -2.20. The van der Waals surface area contributed by atoms with Crippen molar-refractivity contribution in [2.24, 2.45) is 0 Å². The number of thiocarbonyl (C=S) groups is 1. The highest BCUT2D eigenvalue weighted by Crippen LogP contribution is 2.35. The molecule has 0 unspecified atom stereocenters. The molecule has 4 aromatic rings. The predicted octanol–water partition coefficient (Wildman–Crippen LogP) is 5.30. The summed E-state index contributed by atoms with van der Waals surface area (Å²) in [6, 6.07) is 19.1. The zero-order valence-corrected chi connectivity index (χ0v) is 19.3. The molecule has 4 rings (SSSR count). The summed E-state index contributed by atoms with van der Waals surface area (Å²) in [6.45, 7) is 0.521. The molecule has 0 saturated heterocycles. The maximum atomic E-state index is 12.3. The summed E-state index contributed by atoms with van der Waals surface area (Å²) in [7, 11) is 1.35. The first-order chi connectivity index (χ1) is 15.5. The third kappa shape index (κ3) is 5.31. The van der Waals surface area contributed by atoms with Crippen molar-refractivity contribution in [3.05, 3.63) is 83.1 Å². The normalized spacial score (nSPS) is 10.6. The number of rotatable bonds is 6. The molecule has 0 bridgehead atoms. The molecular formula is C22H18ClN5O2S2. The highest BCUT2D eigenvalue weighted by Gasteiger charge is 2.19. The fourth-order valence-electron chi connectivity index (χ4n) is 2.98. The minimum absolute atomic E-state index is 0.261. The van der Waals surface area contributed by atoms with Crippen molar-refractivity contribution < 1.29 is 9.53 Å². The Bertz CT molecular complexity index is 1260. The number of nitrogens with one attached hydrogen (secondary N) is 2. The quantitative estimate of drug-likeness (QED) is 0.284. The largest absolute Gasteiger partial charge is 0.465 e. The van der Waals surface area contributed by atoms with Crippen LogP contribution in [0.1, 0.15) is 15.9 Å². The number of benzene rings is 2. The molecular weight excluding hydrogens is 466 g/mol. The van der Waals surface area contributed by atoms with Crippen LogP contribution in [0.3, 0.4) is 0 Å². The van der Waals surface area contributed by atoms with E-state index >= 15 is 0 Å². The van der Waals surface area contributed by atoms with E-state index in [1.54, 1.807) is 17.1 Å². The second-order valence-electron chi connectivity index (χ2n) is 6.69. The summed E-state index contributed by atoms with van der Waals surface area (Å²) in [4.78, 5) is 17.4. The standard InChI is InChI=1S/C22H18ClN5O2S2/c1-30-20(29)17-11-18(15-7-3-2-4-8-15)32-19(17)25-22(31)26-21-24-13-28(27-21)12-14-6-5-9-16(23)10-14/h2-11,13H,12H2,1H3,(H2,25,26,27,31). The third-order valence-corrected chi connectivity index (χ3v) is 5.96. The van der Waals surface area contributed by atoms with Crippen molar-refractivity contribution in [2.45, 2.75) is 6.54 Å². The van der Waals surface area contributed by atoms with Crippen LogP contribution in [0.25, 0.3) is 10.4 Å². The Balaban J connectivity index is 1.46. The number of thiophene rings is 1.